The van der Waals surface area contributed by atoms with Crippen LogP contribution in [0.15, 0.2) is 58.3 Å². The number of benzene rings is 2. The van der Waals surface area contributed by atoms with Gasteiger partial charge in [-0.1, -0.05) is 49.2 Å². The zero-order chi connectivity index (χ0) is 27.9. The molecule has 5 nitrogen and oxygen atoms in total. The summed E-state index contributed by atoms with van der Waals surface area (Å²) < 4.78 is 34.8. The first kappa shape index (κ1) is 29.6. The highest BCUT2D eigenvalue weighted by molar-refractivity contribution is 8.04. The molecule has 0 spiro atoms. The monoisotopic (exact) mass is 559 g/mol. The van der Waals surface area contributed by atoms with Crippen molar-refractivity contribution in [1.82, 2.24) is 5.06 Å². The van der Waals surface area contributed by atoms with Crippen molar-refractivity contribution in [2.45, 2.75) is 106 Å². The summed E-state index contributed by atoms with van der Waals surface area (Å²) in [6, 6.07) is 15.5. The number of piperidine rings is 1. The fourth-order valence-corrected chi connectivity index (χ4v) is 10.9. The Kier molecular flexibility index (Phi) is 8.76. The molecule has 2 heterocycles. The molecule has 7 heteroatoms. The Labute approximate surface area is 234 Å². The third-order valence-corrected chi connectivity index (χ3v) is 12.8. The average Bonchev–Trinajstić information content (AvgIpc) is 3.23. The molecule has 0 amide bonds. The van der Waals surface area contributed by atoms with E-state index in [0.717, 1.165) is 30.4 Å². The first-order valence-corrected chi connectivity index (χ1v) is 16.1. The van der Waals surface area contributed by atoms with E-state index in [9.17, 15) is 8.42 Å². The minimum absolute atomic E-state index is 0.0201. The summed E-state index contributed by atoms with van der Waals surface area (Å²) in [5.74, 6) is -0.306. The predicted molar refractivity (Wildman–Crippen MR) is 156 cm³/mol. The van der Waals surface area contributed by atoms with E-state index < -0.39 is 31.8 Å². The summed E-state index contributed by atoms with van der Waals surface area (Å²) in [7, 11) is -3.22. The largest absolute Gasteiger partial charge is 0.375 e. The van der Waals surface area contributed by atoms with Gasteiger partial charge in [0.15, 0.2) is 4.08 Å². The van der Waals surface area contributed by atoms with Gasteiger partial charge in [0.2, 0.25) is 0 Å². The molecule has 210 valence electrons. The van der Waals surface area contributed by atoms with Crippen LogP contribution in [-0.2, 0) is 31.2 Å². The Morgan fingerprint density at radius 1 is 0.868 bits per heavy atom. The van der Waals surface area contributed by atoms with Gasteiger partial charge in [-0.25, -0.2) is 0 Å². The van der Waals surface area contributed by atoms with E-state index in [1.807, 2.05) is 62.4 Å². The van der Waals surface area contributed by atoms with Crippen molar-refractivity contribution < 1.29 is 18.0 Å². The third-order valence-electron chi connectivity index (χ3n) is 8.18. The lowest BCUT2D eigenvalue weighted by Crippen LogP contribution is -2.60. The zero-order valence-electron chi connectivity index (χ0n) is 24.3. The molecule has 0 bridgehead atoms. The maximum Gasteiger partial charge on any atom is 0.163 e. The van der Waals surface area contributed by atoms with Crippen LogP contribution in [-0.4, -0.2) is 48.0 Å². The third kappa shape index (κ3) is 5.46. The second-order valence-electron chi connectivity index (χ2n) is 12.6. The van der Waals surface area contributed by atoms with Crippen LogP contribution in [0.4, 0.5) is 0 Å². The Morgan fingerprint density at radius 3 is 1.74 bits per heavy atom. The highest BCUT2D eigenvalue weighted by Gasteiger charge is 2.62. The summed E-state index contributed by atoms with van der Waals surface area (Å²) >= 11 is 0. The smallest absolute Gasteiger partial charge is 0.163 e. The molecule has 2 saturated heterocycles. The van der Waals surface area contributed by atoms with Crippen LogP contribution in [0.1, 0.15) is 71.9 Å². The van der Waals surface area contributed by atoms with Gasteiger partial charge < -0.3 is 4.74 Å². The highest BCUT2D eigenvalue weighted by Crippen LogP contribution is 2.48. The number of hydrogen-bond donors (Lipinski definition) is 0. The van der Waals surface area contributed by atoms with E-state index >= 15 is 0 Å². The van der Waals surface area contributed by atoms with Gasteiger partial charge in [-0.2, -0.15) is 5.06 Å². The Balaban J connectivity index is 1.81. The molecule has 2 aromatic rings. The minimum Gasteiger partial charge on any atom is -0.375 e. The van der Waals surface area contributed by atoms with Crippen molar-refractivity contribution in [3.63, 3.8) is 0 Å². The number of hydroxylamine groups is 2. The fraction of sp³-hybridized carbons (Fsp3) is 0.613. The molecular formula is C31H45NO4S2. The van der Waals surface area contributed by atoms with Gasteiger partial charge in [0.1, 0.15) is 0 Å². The Hall–Kier alpha value is -1.38. The summed E-state index contributed by atoms with van der Waals surface area (Å²) in [6.07, 6.45) is 2.78. The van der Waals surface area contributed by atoms with Crippen LogP contribution < -0.4 is 0 Å². The van der Waals surface area contributed by atoms with Crippen molar-refractivity contribution >= 4 is 21.6 Å². The van der Waals surface area contributed by atoms with E-state index in [-0.39, 0.29) is 22.9 Å². The molecule has 2 fully saturated rings. The molecule has 0 aromatic heterocycles. The quantitative estimate of drug-likeness (QED) is 0.367. The second kappa shape index (κ2) is 11.2. The van der Waals surface area contributed by atoms with Crippen molar-refractivity contribution in [3.8, 4) is 0 Å². The summed E-state index contributed by atoms with van der Waals surface area (Å²) in [6.45, 7) is 17.7. The number of rotatable bonds is 8. The van der Waals surface area contributed by atoms with E-state index in [2.05, 4.69) is 46.6 Å². The molecule has 4 atom stereocenters. The SMILES string of the molecule is Cc1ccc([S@](=O)C2([S@@](=O)c3ccc(C)cc3)[C@H](CON3C(C)(C)CCCC3(C)C)CO[C@H]2C(C)C)cc1. The molecule has 0 aliphatic carbocycles. The Bertz CT molecular complexity index is 1080. The minimum atomic E-state index is -1.61. The van der Waals surface area contributed by atoms with Gasteiger partial charge in [-0.15, -0.1) is 0 Å². The van der Waals surface area contributed by atoms with Gasteiger partial charge in [0, 0.05) is 26.8 Å². The van der Waals surface area contributed by atoms with E-state index in [4.69, 9.17) is 9.57 Å². The molecule has 4 rings (SSSR count). The fourth-order valence-electron chi connectivity index (χ4n) is 6.27. The maximum absolute atomic E-state index is 14.8. The van der Waals surface area contributed by atoms with Gasteiger partial charge in [0.05, 0.1) is 40.9 Å². The first-order chi connectivity index (χ1) is 17.8. The van der Waals surface area contributed by atoms with Crippen molar-refractivity contribution in [3.05, 3.63) is 59.7 Å². The van der Waals surface area contributed by atoms with Gasteiger partial charge in [0.25, 0.3) is 0 Å². The van der Waals surface area contributed by atoms with Crippen LogP contribution in [0.5, 0.6) is 0 Å². The van der Waals surface area contributed by atoms with Crippen LogP contribution in [0, 0.1) is 25.7 Å². The van der Waals surface area contributed by atoms with Crippen molar-refractivity contribution in [2.24, 2.45) is 11.8 Å². The van der Waals surface area contributed by atoms with Crippen LogP contribution >= 0.6 is 0 Å². The molecule has 2 aromatic carbocycles. The van der Waals surface area contributed by atoms with Gasteiger partial charge >= 0.3 is 0 Å². The molecule has 0 N–H and O–H groups in total. The molecule has 0 saturated carbocycles. The Morgan fingerprint density at radius 2 is 1.32 bits per heavy atom. The predicted octanol–water partition coefficient (Wildman–Crippen LogP) is 6.56. The summed E-state index contributed by atoms with van der Waals surface area (Å²) in [4.78, 5) is 8.03. The topological polar surface area (TPSA) is 55.8 Å². The zero-order valence-corrected chi connectivity index (χ0v) is 25.9. The number of ether oxygens (including phenoxy) is 1. The number of aryl methyl sites for hydroxylation is 2. The lowest BCUT2D eigenvalue weighted by molar-refractivity contribution is -0.286. The van der Waals surface area contributed by atoms with Crippen molar-refractivity contribution in [2.75, 3.05) is 13.2 Å². The standard InChI is InChI=1S/C31H45NO4S2/c1-22(2)28-31(37(33)26-14-10-23(3)11-15-26,38(34)27-16-12-24(4)13-17-27)25(20-35-28)21-36-32-29(5,6)18-9-19-30(32,7)8/h10-17,22,25,28H,9,18-21H2,1-8H3/t25-,28-,37-,38-/m0/s1. The molecule has 0 unspecified atom stereocenters. The maximum atomic E-state index is 14.8. The van der Waals surface area contributed by atoms with Crippen LogP contribution in [0.25, 0.3) is 0 Å². The number of hydrogen-bond acceptors (Lipinski definition) is 5. The van der Waals surface area contributed by atoms with E-state index in [1.165, 1.54) is 0 Å². The van der Waals surface area contributed by atoms with E-state index in [0.29, 0.717) is 23.0 Å². The van der Waals surface area contributed by atoms with Gasteiger partial charge in [-0.05, 0) is 91.0 Å². The van der Waals surface area contributed by atoms with Gasteiger partial charge in [-0.3, -0.25) is 13.3 Å². The molecule has 0 radical (unpaired) electrons. The molecular weight excluding hydrogens is 514 g/mol. The lowest BCUT2D eigenvalue weighted by atomic mass is 9.82. The molecule has 2 aliphatic heterocycles. The summed E-state index contributed by atoms with van der Waals surface area (Å²) in [5.41, 5.74) is 1.93. The van der Waals surface area contributed by atoms with Crippen LogP contribution in [0.2, 0.25) is 0 Å². The highest BCUT2D eigenvalue weighted by atomic mass is 32.2. The van der Waals surface area contributed by atoms with Crippen LogP contribution in [0.3, 0.4) is 0 Å². The lowest BCUT2D eigenvalue weighted by Gasteiger charge is -2.52. The molecule has 38 heavy (non-hydrogen) atoms. The van der Waals surface area contributed by atoms with Crippen molar-refractivity contribution in [1.29, 1.82) is 0 Å². The second-order valence-corrected chi connectivity index (χ2v) is 16.3. The average molecular weight is 560 g/mol. The van der Waals surface area contributed by atoms with E-state index in [1.54, 1.807) is 0 Å². The normalized spacial score (nSPS) is 26.3. The summed E-state index contributed by atoms with van der Waals surface area (Å²) in [5, 5.41) is 2.14. The molecule has 2 aliphatic rings. The first-order valence-electron chi connectivity index (χ1n) is 13.8. The number of nitrogens with zero attached hydrogens (tertiary/aromatic N) is 1.